The highest BCUT2D eigenvalue weighted by molar-refractivity contribution is 5.67. The normalized spacial score (nSPS) is 31.6. The first-order valence-electron chi connectivity index (χ1n) is 9.53. The minimum absolute atomic E-state index is 0.222. The van der Waals surface area contributed by atoms with Crippen LogP contribution in [0.25, 0.3) is 0 Å². The SMILES string of the molecule is CC(C)(C)[C@@H]1CC[C@]23Nc4ccccc4O[C@@]2(C1)Nc1ccccc1O3. The van der Waals surface area contributed by atoms with Gasteiger partial charge in [0, 0.05) is 12.8 Å². The predicted molar refractivity (Wildman–Crippen MR) is 104 cm³/mol. The number of ether oxygens (including phenoxy) is 2. The number of hydrogen-bond acceptors (Lipinski definition) is 4. The van der Waals surface area contributed by atoms with Crippen molar-refractivity contribution in [3.8, 4) is 11.5 Å². The van der Waals surface area contributed by atoms with Gasteiger partial charge in [-0.2, -0.15) is 0 Å². The minimum Gasteiger partial charge on any atom is -0.460 e. The molecule has 2 aromatic carbocycles. The first-order chi connectivity index (χ1) is 12.4. The van der Waals surface area contributed by atoms with E-state index in [1.807, 2.05) is 36.4 Å². The molecule has 1 aliphatic carbocycles. The molecule has 1 fully saturated rings. The van der Waals surface area contributed by atoms with E-state index >= 15 is 0 Å². The van der Waals surface area contributed by atoms with Crippen LogP contribution in [-0.2, 0) is 0 Å². The van der Waals surface area contributed by atoms with E-state index in [9.17, 15) is 0 Å². The molecule has 2 heterocycles. The fraction of sp³-hybridized carbons (Fsp3) is 0.455. The number of rotatable bonds is 0. The van der Waals surface area contributed by atoms with Crippen LogP contribution in [0.4, 0.5) is 11.4 Å². The summed E-state index contributed by atoms with van der Waals surface area (Å²) in [5.41, 5.74) is 1.00. The van der Waals surface area contributed by atoms with E-state index in [2.05, 4.69) is 43.5 Å². The first kappa shape index (κ1) is 15.9. The average molecular weight is 350 g/mol. The number of benzene rings is 2. The maximum atomic E-state index is 6.70. The molecule has 3 atom stereocenters. The monoisotopic (exact) mass is 350 g/mol. The summed E-state index contributed by atoms with van der Waals surface area (Å²) in [5.74, 6) is 2.31. The Morgan fingerprint density at radius 3 is 2.00 bits per heavy atom. The first-order valence-corrected chi connectivity index (χ1v) is 9.53. The Balaban J connectivity index is 1.65. The van der Waals surface area contributed by atoms with Gasteiger partial charge in [-0.05, 0) is 42.0 Å². The summed E-state index contributed by atoms with van der Waals surface area (Å²) >= 11 is 0. The van der Waals surface area contributed by atoms with E-state index in [0.717, 1.165) is 42.1 Å². The second-order valence-electron chi connectivity index (χ2n) is 8.91. The van der Waals surface area contributed by atoms with Crippen LogP contribution in [0.15, 0.2) is 48.5 Å². The highest BCUT2D eigenvalue weighted by atomic mass is 16.6. The summed E-state index contributed by atoms with van der Waals surface area (Å²) in [5, 5.41) is 7.45. The van der Waals surface area contributed by atoms with Gasteiger partial charge in [0.25, 0.3) is 0 Å². The maximum Gasteiger partial charge on any atom is 0.240 e. The van der Waals surface area contributed by atoms with Crippen molar-refractivity contribution in [1.29, 1.82) is 0 Å². The molecule has 5 rings (SSSR count). The van der Waals surface area contributed by atoms with Crippen LogP contribution in [-0.4, -0.2) is 11.4 Å². The third kappa shape index (κ3) is 2.14. The Bertz CT molecular complexity index is 804. The van der Waals surface area contributed by atoms with Gasteiger partial charge in [-0.3, -0.25) is 0 Å². The van der Waals surface area contributed by atoms with Crippen LogP contribution < -0.4 is 20.1 Å². The second-order valence-corrected chi connectivity index (χ2v) is 8.91. The predicted octanol–water partition coefficient (Wildman–Crippen LogP) is 5.23. The van der Waals surface area contributed by atoms with Crippen LogP contribution in [0.5, 0.6) is 11.5 Å². The van der Waals surface area contributed by atoms with Crippen molar-refractivity contribution in [2.24, 2.45) is 11.3 Å². The Morgan fingerprint density at radius 1 is 0.846 bits per heavy atom. The molecule has 4 nitrogen and oxygen atoms in total. The number of hydrogen-bond donors (Lipinski definition) is 2. The molecular formula is C22H26N2O2. The van der Waals surface area contributed by atoms with Gasteiger partial charge in [0.15, 0.2) is 0 Å². The van der Waals surface area contributed by atoms with E-state index in [-0.39, 0.29) is 5.41 Å². The number of anilines is 2. The summed E-state index contributed by atoms with van der Waals surface area (Å²) in [6, 6.07) is 16.3. The highest BCUT2D eigenvalue weighted by Crippen LogP contribution is 2.56. The zero-order valence-corrected chi connectivity index (χ0v) is 15.6. The molecule has 2 N–H and O–H groups in total. The maximum absolute atomic E-state index is 6.70. The average Bonchev–Trinajstić information content (AvgIpc) is 2.61. The molecule has 136 valence electrons. The van der Waals surface area contributed by atoms with Crippen molar-refractivity contribution < 1.29 is 9.47 Å². The fourth-order valence-electron chi connectivity index (χ4n) is 4.68. The van der Waals surface area contributed by atoms with E-state index in [1.54, 1.807) is 0 Å². The van der Waals surface area contributed by atoms with Gasteiger partial charge in [0.05, 0.1) is 11.4 Å². The van der Waals surface area contributed by atoms with Crippen molar-refractivity contribution in [2.75, 3.05) is 10.6 Å². The van der Waals surface area contributed by atoms with Crippen LogP contribution in [0, 0.1) is 11.3 Å². The van der Waals surface area contributed by atoms with Gasteiger partial charge >= 0.3 is 0 Å². The zero-order chi connectivity index (χ0) is 18.0. The summed E-state index contributed by atoms with van der Waals surface area (Å²) in [6.45, 7) is 6.97. The van der Waals surface area contributed by atoms with E-state index in [4.69, 9.17) is 9.47 Å². The zero-order valence-electron chi connectivity index (χ0n) is 15.6. The molecule has 0 unspecified atom stereocenters. The molecule has 0 radical (unpaired) electrons. The Kier molecular flexibility index (Phi) is 3.10. The molecule has 0 saturated heterocycles. The van der Waals surface area contributed by atoms with Gasteiger partial charge < -0.3 is 20.1 Å². The largest absolute Gasteiger partial charge is 0.460 e. The molecular weight excluding hydrogens is 324 g/mol. The lowest BCUT2D eigenvalue weighted by molar-refractivity contribution is -0.147. The van der Waals surface area contributed by atoms with Crippen molar-refractivity contribution in [3.05, 3.63) is 48.5 Å². The molecule has 0 amide bonds. The Labute approximate surface area is 154 Å². The third-order valence-corrected chi connectivity index (χ3v) is 6.27. The van der Waals surface area contributed by atoms with Crippen LogP contribution in [0.3, 0.4) is 0 Å². The van der Waals surface area contributed by atoms with Gasteiger partial charge in [0.2, 0.25) is 11.4 Å². The Hall–Kier alpha value is -2.36. The third-order valence-electron chi connectivity index (χ3n) is 6.27. The molecule has 4 heteroatoms. The summed E-state index contributed by atoms with van der Waals surface area (Å²) < 4.78 is 13.3. The highest BCUT2D eigenvalue weighted by Gasteiger charge is 2.65. The van der Waals surface area contributed by atoms with Crippen LogP contribution in [0.1, 0.15) is 40.0 Å². The van der Waals surface area contributed by atoms with Gasteiger partial charge in [0.1, 0.15) is 11.5 Å². The van der Waals surface area contributed by atoms with Gasteiger partial charge in [-0.25, -0.2) is 0 Å². The van der Waals surface area contributed by atoms with E-state index in [0.29, 0.717) is 5.92 Å². The van der Waals surface area contributed by atoms with E-state index < -0.39 is 11.4 Å². The van der Waals surface area contributed by atoms with E-state index in [1.165, 1.54) is 0 Å². The second kappa shape index (κ2) is 5.09. The molecule has 2 aliphatic heterocycles. The quantitative estimate of drug-likeness (QED) is 0.682. The summed E-state index contributed by atoms with van der Waals surface area (Å²) in [7, 11) is 0. The lowest BCUT2D eigenvalue weighted by Crippen LogP contribution is -2.75. The molecule has 2 aromatic rings. The molecule has 0 aromatic heterocycles. The molecule has 1 saturated carbocycles. The number of fused-ring (bicyclic) bond motifs is 2. The number of para-hydroxylation sites is 4. The standard InChI is InChI=1S/C22H26N2O2/c1-20(2,3)15-12-13-21-22(14-15,24-17-9-5-6-10-18(17)25-21)26-19-11-7-4-8-16(19)23-21/h4-11,15,23-24H,12-14H2,1-3H3/t15-,21-,22-/m1/s1. The van der Waals surface area contributed by atoms with Crippen molar-refractivity contribution in [2.45, 2.75) is 51.5 Å². The summed E-state index contributed by atoms with van der Waals surface area (Å²) in [4.78, 5) is 0. The lowest BCUT2D eigenvalue weighted by atomic mass is 9.66. The van der Waals surface area contributed by atoms with Crippen LogP contribution >= 0.6 is 0 Å². The van der Waals surface area contributed by atoms with Crippen LogP contribution in [0.2, 0.25) is 0 Å². The lowest BCUT2D eigenvalue weighted by Gasteiger charge is -2.60. The molecule has 0 bridgehead atoms. The van der Waals surface area contributed by atoms with Crippen molar-refractivity contribution in [1.82, 2.24) is 0 Å². The minimum atomic E-state index is -0.619. The smallest absolute Gasteiger partial charge is 0.240 e. The molecule has 3 aliphatic rings. The van der Waals surface area contributed by atoms with Gasteiger partial charge in [-0.15, -0.1) is 0 Å². The Morgan fingerprint density at radius 2 is 1.38 bits per heavy atom. The van der Waals surface area contributed by atoms with Crippen molar-refractivity contribution in [3.63, 3.8) is 0 Å². The topological polar surface area (TPSA) is 42.5 Å². The molecule has 0 spiro atoms. The fourth-order valence-corrected chi connectivity index (χ4v) is 4.68. The molecule has 26 heavy (non-hydrogen) atoms. The van der Waals surface area contributed by atoms with Crippen molar-refractivity contribution >= 4 is 11.4 Å². The number of nitrogens with one attached hydrogen (secondary N) is 2. The summed E-state index contributed by atoms with van der Waals surface area (Å²) in [6.07, 6.45) is 2.89. The van der Waals surface area contributed by atoms with Gasteiger partial charge in [-0.1, -0.05) is 45.0 Å².